The summed E-state index contributed by atoms with van der Waals surface area (Å²) < 4.78 is 0. The van der Waals surface area contributed by atoms with Crippen LogP contribution in [0.4, 0.5) is 0 Å². The van der Waals surface area contributed by atoms with Gasteiger partial charge in [-0.05, 0) is 45.3 Å². The van der Waals surface area contributed by atoms with Crippen molar-refractivity contribution in [2.45, 2.75) is 13.0 Å². The van der Waals surface area contributed by atoms with Crippen LogP contribution in [0.3, 0.4) is 0 Å². The molecule has 0 spiro atoms. The third-order valence-electron chi connectivity index (χ3n) is 3.63. The number of benzene rings is 2. The Labute approximate surface area is 135 Å². The van der Waals surface area contributed by atoms with Crippen LogP contribution in [0.25, 0.3) is 22.1 Å². The molecule has 0 aliphatic carbocycles. The molecule has 1 N–H and O–H groups in total. The first-order chi connectivity index (χ1) is 11.0. The van der Waals surface area contributed by atoms with E-state index in [2.05, 4.69) is 15.3 Å². The van der Waals surface area contributed by atoms with E-state index in [0.717, 1.165) is 23.1 Å². The average molecular weight is 308 g/mol. The number of hydrogen-bond acceptors (Lipinski definition) is 4. The van der Waals surface area contributed by atoms with Crippen LogP contribution < -0.4 is 5.32 Å². The number of aromatic nitrogens is 2. The zero-order valence-electron chi connectivity index (χ0n) is 13.6. The second kappa shape index (κ2) is 6.30. The molecule has 0 aliphatic rings. The van der Waals surface area contributed by atoms with Gasteiger partial charge in [0.1, 0.15) is 5.52 Å². The number of para-hydroxylation sites is 3. The minimum Gasteiger partial charge on any atom is -0.348 e. The number of fused-ring (bicyclic) bond motifs is 2. The lowest BCUT2D eigenvalue weighted by Gasteiger charge is -2.18. The summed E-state index contributed by atoms with van der Waals surface area (Å²) in [5, 5.41) is 3.02. The molecule has 118 valence electrons. The van der Waals surface area contributed by atoms with Gasteiger partial charge in [0, 0.05) is 12.6 Å². The molecule has 0 saturated carbocycles. The highest BCUT2D eigenvalue weighted by Gasteiger charge is 2.15. The third-order valence-corrected chi connectivity index (χ3v) is 3.63. The van der Waals surface area contributed by atoms with E-state index in [4.69, 9.17) is 0 Å². The van der Waals surface area contributed by atoms with E-state index >= 15 is 0 Å². The zero-order chi connectivity index (χ0) is 16.4. The summed E-state index contributed by atoms with van der Waals surface area (Å²) >= 11 is 0. The highest BCUT2D eigenvalue weighted by Crippen LogP contribution is 2.19. The van der Waals surface area contributed by atoms with Crippen molar-refractivity contribution in [1.82, 2.24) is 20.2 Å². The van der Waals surface area contributed by atoms with Crippen molar-refractivity contribution in [3.63, 3.8) is 0 Å². The summed E-state index contributed by atoms with van der Waals surface area (Å²) in [5.41, 5.74) is 3.56. The second-order valence-electron chi connectivity index (χ2n) is 6.02. The van der Waals surface area contributed by atoms with Gasteiger partial charge in [-0.3, -0.25) is 4.79 Å². The summed E-state index contributed by atoms with van der Waals surface area (Å²) in [7, 11) is 3.97. The smallest absolute Gasteiger partial charge is 0.253 e. The molecule has 2 aromatic carbocycles. The molecule has 5 heteroatoms. The topological polar surface area (TPSA) is 58.1 Å². The van der Waals surface area contributed by atoms with Crippen molar-refractivity contribution in [1.29, 1.82) is 0 Å². The Morgan fingerprint density at radius 3 is 2.39 bits per heavy atom. The van der Waals surface area contributed by atoms with Gasteiger partial charge in [-0.15, -0.1) is 0 Å². The van der Waals surface area contributed by atoms with Crippen molar-refractivity contribution in [3.05, 3.63) is 48.0 Å². The van der Waals surface area contributed by atoms with Crippen LogP contribution in [-0.4, -0.2) is 47.5 Å². The average Bonchev–Trinajstić information content (AvgIpc) is 2.51. The van der Waals surface area contributed by atoms with Crippen LogP contribution in [0.5, 0.6) is 0 Å². The van der Waals surface area contributed by atoms with E-state index in [1.54, 1.807) is 6.07 Å². The van der Waals surface area contributed by atoms with E-state index in [9.17, 15) is 4.79 Å². The highest BCUT2D eigenvalue weighted by atomic mass is 16.1. The molecule has 1 amide bonds. The quantitative estimate of drug-likeness (QED) is 0.752. The Hall–Kier alpha value is -2.53. The van der Waals surface area contributed by atoms with Crippen LogP contribution in [-0.2, 0) is 0 Å². The SMILES string of the molecule is C[C@H](CN(C)C)NC(=O)c1cccc2nc3ccccc3nc12. The van der Waals surface area contributed by atoms with Crippen LogP contribution in [0.15, 0.2) is 42.5 Å². The summed E-state index contributed by atoms with van der Waals surface area (Å²) in [6.07, 6.45) is 0. The van der Waals surface area contributed by atoms with Gasteiger partial charge in [-0.2, -0.15) is 0 Å². The summed E-state index contributed by atoms with van der Waals surface area (Å²) in [5.74, 6) is -0.116. The lowest BCUT2D eigenvalue weighted by molar-refractivity contribution is 0.0936. The van der Waals surface area contributed by atoms with Crippen molar-refractivity contribution < 1.29 is 4.79 Å². The first-order valence-corrected chi connectivity index (χ1v) is 7.65. The summed E-state index contributed by atoms with van der Waals surface area (Å²) in [6, 6.07) is 13.3. The van der Waals surface area contributed by atoms with E-state index in [-0.39, 0.29) is 11.9 Å². The maximum Gasteiger partial charge on any atom is 0.253 e. The van der Waals surface area contributed by atoms with Gasteiger partial charge in [0.15, 0.2) is 0 Å². The van der Waals surface area contributed by atoms with Crippen molar-refractivity contribution in [3.8, 4) is 0 Å². The molecular formula is C18H20N4O. The van der Waals surface area contributed by atoms with Crippen molar-refractivity contribution >= 4 is 28.0 Å². The first-order valence-electron chi connectivity index (χ1n) is 7.65. The molecule has 1 heterocycles. The van der Waals surface area contributed by atoms with E-state index < -0.39 is 0 Å². The Morgan fingerprint density at radius 1 is 1.04 bits per heavy atom. The normalized spacial score (nSPS) is 12.7. The van der Waals surface area contributed by atoms with Gasteiger partial charge in [-0.25, -0.2) is 9.97 Å². The Bertz CT molecular complexity index is 860. The molecule has 0 fully saturated rings. The van der Waals surface area contributed by atoms with Crippen LogP contribution in [0.2, 0.25) is 0 Å². The predicted octanol–water partition coefficient (Wildman–Crippen LogP) is 2.46. The third kappa shape index (κ3) is 3.29. The zero-order valence-corrected chi connectivity index (χ0v) is 13.6. The fraction of sp³-hybridized carbons (Fsp3) is 0.278. The van der Waals surface area contributed by atoms with Gasteiger partial charge in [0.25, 0.3) is 5.91 Å². The molecule has 0 aliphatic heterocycles. The van der Waals surface area contributed by atoms with Gasteiger partial charge >= 0.3 is 0 Å². The number of hydrogen-bond donors (Lipinski definition) is 1. The molecule has 1 aromatic heterocycles. The molecule has 1 atom stereocenters. The maximum atomic E-state index is 12.6. The maximum absolute atomic E-state index is 12.6. The van der Waals surface area contributed by atoms with Crippen molar-refractivity contribution in [2.24, 2.45) is 0 Å². The van der Waals surface area contributed by atoms with Crippen LogP contribution >= 0.6 is 0 Å². The summed E-state index contributed by atoms with van der Waals surface area (Å²) in [4.78, 5) is 23.9. The lowest BCUT2D eigenvalue weighted by Crippen LogP contribution is -2.39. The predicted molar refractivity (Wildman–Crippen MR) is 92.5 cm³/mol. The second-order valence-corrected chi connectivity index (χ2v) is 6.02. The van der Waals surface area contributed by atoms with Crippen molar-refractivity contribution in [2.75, 3.05) is 20.6 Å². The lowest BCUT2D eigenvalue weighted by atomic mass is 10.1. The molecule has 23 heavy (non-hydrogen) atoms. The number of amides is 1. The van der Waals surface area contributed by atoms with Crippen LogP contribution in [0, 0.1) is 0 Å². The van der Waals surface area contributed by atoms with Crippen LogP contribution in [0.1, 0.15) is 17.3 Å². The standard InChI is InChI=1S/C18H20N4O/c1-12(11-22(2)3)19-18(23)13-7-6-10-16-17(13)21-15-9-5-4-8-14(15)20-16/h4-10,12H,11H2,1-3H3,(H,19,23)/t12-/m1/s1. The number of carbonyl (C=O) groups is 1. The monoisotopic (exact) mass is 308 g/mol. The van der Waals surface area contributed by atoms with Gasteiger partial charge in [0.2, 0.25) is 0 Å². The molecular weight excluding hydrogens is 288 g/mol. The summed E-state index contributed by atoms with van der Waals surface area (Å²) in [6.45, 7) is 2.77. The van der Waals surface area contributed by atoms with Gasteiger partial charge in [-0.1, -0.05) is 18.2 Å². The van der Waals surface area contributed by atoms with E-state index in [1.807, 2.05) is 62.3 Å². The molecule has 0 saturated heterocycles. The highest BCUT2D eigenvalue weighted by molar-refractivity contribution is 6.06. The number of carbonyl (C=O) groups excluding carboxylic acids is 1. The van der Waals surface area contributed by atoms with Gasteiger partial charge in [0.05, 0.1) is 22.1 Å². The number of rotatable bonds is 4. The number of likely N-dealkylation sites (N-methyl/N-ethyl adjacent to an activating group) is 1. The molecule has 0 unspecified atom stereocenters. The molecule has 5 nitrogen and oxygen atoms in total. The van der Waals surface area contributed by atoms with Gasteiger partial charge < -0.3 is 10.2 Å². The van der Waals surface area contributed by atoms with E-state index in [1.165, 1.54) is 0 Å². The first kappa shape index (κ1) is 15.4. The fourth-order valence-electron chi connectivity index (χ4n) is 2.72. The fourth-order valence-corrected chi connectivity index (χ4v) is 2.72. The number of nitrogens with one attached hydrogen (secondary N) is 1. The Balaban J connectivity index is 2.00. The largest absolute Gasteiger partial charge is 0.348 e. The minimum atomic E-state index is -0.116. The Morgan fingerprint density at radius 2 is 1.70 bits per heavy atom. The van der Waals surface area contributed by atoms with E-state index in [0.29, 0.717) is 11.1 Å². The minimum absolute atomic E-state index is 0.0566. The molecule has 0 radical (unpaired) electrons. The Kier molecular flexibility index (Phi) is 4.21. The molecule has 0 bridgehead atoms. The number of nitrogens with zero attached hydrogens (tertiary/aromatic N) is 3. The molecule has 3 rings (SSSR count). The molecule has 3 aromatic rings.